The van der Waals surface area contributed by atoms with E-state index in [1.54, 1.807) is 14.0 Å². The number of nitrogens with one attached hydrogen (secondary N) is 2. The molecule has 0 radical (unpaired) electrons. The van der Waals surface area contributed by atoms with Gasteiger partial charge in [-0.05, 0) is 13.3 Å². The van der Waals surface area contributed by atoms with Gasteiger partial charge in [0.2, 0.25) is 5.91 Å². The number of carboxylic acids is 1. The van der Waals surface area contributed by atoms with Gasteiger partial charge in [0.05, 0.1) is 5.41 Å². The first-order valence-corrected chi connectivity index (χ1v) is 6.46. The largest absolute Gasteiger partial charge is 0.479 e. The van der Waals surface area contributed by atoms with Crippen LogP contribution in [-0.4, -0.2) is 65.8 Å². The number of aliphatic carboxylic acids is 1. The molecule has 1 aliphatic rings. The van der Waals surface area contributed by atoms with Crippen LogP contribution in [0.15, 0.2) is 0 Å². The number of urea groups is 1. The van der Waals surface area contributed by atoms with Crippen LogP contribution in [0.1, 0.15) is 19.8 Å². The Morgan fingerprint density at radius 2 is 2.05 bits per heavy atom. The highest BCUT2D eigenvalue weighted by molar-refractivity contribution is 5.84. The molecule has 0 spiro atoms. The summed E-state index contributed by atoms with van der Waals surface area (Å²) in [6, 6.07) is -0.352. The van der Waals surface area contributed by atoms with E-state index in [2.05, 4.69) is 10.6 Å². The Labute approximate surface area is 117 Å². The number of carbonyl (C=O) groups is 3. The van der Waals surface area contributed by atoms with Gasteiger partial charge in [-0.1, -0.05) is 0 Å². The summed E-state index contributed by atoms with van der Waals surface area (Å²) < 4.78 is 0. The lowest BCUT2D eigenvalue weighted by molar-refractivity contribution is -0.146. The number of amides is 3. The van der Waals surface area contributed by atoms with Gasteiger partial charge in [-0.25, -0.2) is 9.59 Å². The molecule has 0 bridgehead atoms. The number of aliphatic hydroxyl groups is 1. The molecular formula is C12H21N3O5. The third-order valence-corrected chi connectivity index (χ3v) is 3.51. The maximum absolute atomic E-state index is 11.8. The first-order valence-electron chi connectivity index (χ1n) is 6.46. The Hall–Kier alpha value is -1.83. The molecule has 20 heavy (non-hydrogen) atoms. The number of likely N-dealkylation sites (tertiary alicyclic amines) is 1. The first kappa shape index (κ1) is 16.2. The zero-order valence-electron chi connectivity index (χ0n) is 11.7. The highest BCUT2D eigenvalue weighted by atomic mass is 16.4. The molecule has 1 heterocycles. The Morgan fingerprint density at radius 3 is 2.60 bits per heavy atom. The van der Waals surface area contributed by atoms with E-state index >= 15 is 0 Å². The van der Waals surface area contributed by atoms with E-state index < -0.39 is 17.5 Å². The number of aliphatic hydroxyl groups excluding tert-OH is 1. The predicted octanol–water partition coefficient (Wildman–Crippen LogP) is -1.01. The summed E-state index contributed by atoms with van der Waals surface area (Å²) in [6.07, 6.45) is -0.954. The number of nitrogens with zero attached hydrogens (tertiary/aromatic N) is 1. The smallest absolute Gasteiger partial charge is 0.332 e. The van der Waals surface area contributed by atoms with Gasteiger partial charge in [0, 0.05) is 33.1 Å². The summed E-state index contributed by atoms with van der Waals surface area (Å²) in [7, 11) is 1.56. The lowest BCUT2D eigenvalue weighted by Crippen LogP contribution is -2.44. The number of hydrogen-bond donors (Lipinski definition) is 4. The molecule has 2 atom stereocenters. The topological polar surface area (TPSA) is 119 Å². The van der Waals surface area contributed by atoms with Gasteiger partial charge < -0.3 is 25.7 Å². The molecule has 0 saturated carbocycles. The van der Waals surface area contributed by atoms with Crippen LogP contribution >= 0.6 is 0 Å². The Bertz CT molecular complexity index is 401. The summed E-state index contributed by atoms with van der Waals surface area (Å²) in [5.74, 6) is -1.42. The van der Waals surface area contributed by atoms with Gasteiger partial charge in [0.1, 0.15) is 0 Å². The maximum atomic E-state index is 11.8. The highest BCUT2D eigenvalue weighted by Gasteiger charge is 2.41. The van der Waals surface area contributed by atoms with E-state index in [0.29, 0.717) is 19.5 Å². The molecule has 4 N–H and O–H groups in total. The van der Waals surface area contributed by atoms with Crippen LogP contribution in [0.4, 0.5) is 4.79 Å². The Kier molecular flexibility index (Phi) is 5.32. The van der Waals surface area contributed by atoms with Gasteiger partial charge in [0.15, 0.2) is 6.10 Å². The molecule has 1 rings (SSSR count). The number of carboxylic acid groups (broad SMARTS) is 1. The van der Waals surface area contributed by atoms with Crippen molar-refractivity contribution >= 4 is 17.9 Å². The van der Waals surface area contributed by atoms with Gasteiger partial charge in [-0.15, -0.1) is 0 Å². The van der Waals surface area contributed by atoms with Crippen molar-refractivity contribution in [3.8, 4) is 0 Å². The maximum Gasteiger partial charge on any atom is 0.332 e. The van der Waals surface area contributed by atoms with E-state index in [0.717, 1.165) is 0 Å². The molecule has 3 amide bonds. The summed E-state index contributed by atoms with van der Waals surface area (Å²) in [6.45, 7) is 2.66. The fraction of sp³-hybridized carbons (Fsp3) is 0.750. The van der Waals surface area contributed by atoms with E-state index in [1.165, 1.54) is 4.90 Å². The molecule has 8 heteroatoms. The molecule has 0 aromatic carbocycles. The monoisotopic (exact) mass is 287 g/mol. The fourth-order valence-corrected chi connectivity index (χ4v) is 2.17. The fourth-order valence-electron chi connectivity index (χ4n) is 2.17. The van der Waals surface area contributed by atoms with Crippen LogP contribution in [0.3, 0.4) is 0 Å². The molecule has 2 unspecified atom stereocenters. The van der Waals surface area contributed by atoms with Gasteiger partial charge in [-0.2, -0.15) is 0 Å². The zero-order chi connectivity index (χ0) is 15.3. The lowest BCUT2D eigenvalue weighted by Gasteiger charge is -2.23. The van der Waals surface area contributed by atoms with Gasteiger partial charge in [0.25, 0.3) is 0 Å². The molecular weight excluding hydrogens is 266 g/mol. The van der Waals surface area contributed by atoms with Crippen molar-refractivity contribution in [2.75, 3.05) is 26.7 Å². The molecule has 1 saturated heterocycles. The molecule has 8 nitrogen and oxygen atoms in total. The van der Waals surface area contributed by atoms with E-state index in [1.807, 2.05) is 0 Å². The Morgan fingerprint density at radius 1 is 1.40 bits per heavy atom. The minimum Gasteiger partial charge on any atom is -0.479 e. The van der Waals surface area contributed by atoms with Crippen LogP contribution in [-0.2, 0) is 9.59 Å². The van der Waals surface area contributed by atoms with E-state index in [-0.39, 0.29) is 24.9 Å². The van der Waals surface area contributed by atoms with Gasteiger partial charge >= 0.3 is 12.0 Å². The first-order chi connectivity index (χ1) is 9.30. The Balaban J connectivity index is 2.39. The average Bonchev–Trinajstić information content (AvgIpc) is 2.81. The van der Waals surface area contributed by atoms with Crippen LogP contribution in [0, 0.1) is 5.41 Å². The second-order valence-electron chi connectivity index (χ2n) is 5.19. The molecule has 0 aromatic heterocycles. The van der Waals surface area contributed by atoms with Gasteiger partial charge in [-0.3, -0.25) is 4.79 Å². The predicted molar refractivity (Wildman–Crippen MR) is 70.0 cm³/mol. The minimum atomic E-state index is -1.48. The second-order valence-corrected chi connectivity index (χ2v) is 5.19. The van der Waals surface area contributed by atoms with Crippen LogP contribution in [0.2, 0.25) is 0 Å². The molecule has 1 aliphatic heterocycles. The molecule has 0 aromatic rings. The molecule has 114 valence electrons. The van der Waals surface area contributed by atoms with E-state index in [9.17, 15) is 14.4 Å². The SMILES string of the molecule is CNC(=O)C1(C)CCN(C(=O)NCCC(O)C(=O)O)C1. The van der Waals surface area contributed by atoms with Crippen LogP contribution < -0.4 is 10.6 Å². The molecule has 1 fully saturated rings. The summed E-state index contributed by atoms with van der Waals surface area (Å²) in [4.78, 5) is 35.5. The van der Waals surface area contributed by atoms with Crippen molar-refractivity contribution in [2.24, 2.45) is 5.41 Å². The standard InChI is InChI=1S/C12H21N3O5/c1-12(10(19)13-2)4-6-15(7-12)11(20)14-5-3-8(16)9(17)18/h8,16H,3-7H2,1-2H3,(H,13,19)(H,14,20)(H,17,18). The van der Waals surface area contributed by atoms with Crippen molar-refractivity contribution in [3.05, 3.63) is 0 Å². The van der Waals surface area contributed by atoms with Crippen LogP contribution in [0.5, 0.6) is 0 Å². The zero-order valence-corrected chi connectivity index (χ0v) is 11.7. The molecule has 0 aliphatic carbocycles. The lowest BCUT2D eigenvalue weighted by atomic mass is 9.89. The summed E-state index contributed by atoms with van der Waals surface area (Å²) in [5, 5.41) is 22.7. The van der Waals surface area contributed by atoms with Crippen molar-refractivity contribution in [1.29, 1.82) is 0 Å². The highest BCUT2D eigenvalue weighted by Crippen LogP contribution is 2.29. The van der Waals surface area contributed by atoms with Crippen molar-refractivity contribution in [1.82, 2.24) is 15.5 Å². The minimum absolute atomic E-state index is 0.0539. The number of carbonyl (C=O) groups excluding carboxylic acids is 2. The van der Waals surface area contributed by atoms with E-state index in [4.69, 9.17) is 10.2 Å². The quantitative estimate of drug-likeness (QED) is 0.516. The second kappa shape index (κ2) is 6.56. The van der Waals surface area contributed by atoms with Crippen molar-refractivity contribution < 1.29 is 24.6 Å². The van der Waals surface area contributed by atoms with Crippen molar-refractivity contribution in [3.63, 3.8) is 0 Å². The van der Waals surface area contributed by atoms with Crippen LogP contribution in [0.25, 0.3) is 0 Å². The number of hydrogen-bond acceptors (Lipinski definition) is 4. The summed E-state index contributed by atoms with van der Waals surface area (Å²) in [5.41, 5.74) is -0.591. The normalized spacial score (nSPS) is 23.2. The summed E-state index contributed by atoms with van der Waals surface area (Å²) >= 11 is 0. The van der Waals surface area contributed by atoms with Crippen molar-refractivity contribution in [2.45, 2.75) is 25.9 Å². The third-order valence-electron chi connectivity index (χ3n) is 3.51. The average molecular weight is 287 g/mol. The third kappa shape index (κ3) is 3.83. The number of rotatable bonds is 5.